The maximum absolute atomic E-state index is 5.22. The van der Waals surface area contributed by atoms with E-state index in [2.05, 4.69) is 156 Å². The Labute approximate surface area is 250 Å². The van der Waals surface area contributed by atoms with E-state index in [1.165, 1.54) is 16.5 Å². The Morgan fingerprint density at radius 2 is 0.814 bits per heavy atom. The molecule has 202 valence electrons. The standard InChI is InChI=1S/C40H27N3/c1-5-15-28(16-6-1)32-23-13-25-36-38(32)39-33(24-14-26-37(39)43(36)31-21-11-4-12-22-31)40-41-34(29-17-7-2-8-18-29)27-35(42-40)30-19-9-3-10-20-30/h1-27H. The Morgan fingerprint density at radius 1 is 0.372 bits per heavy atom. The van der Waals surface area contributed by atoms with Crippen LogP contribution in [-0.2, 0) is 0 Å². The van der Waals surface area contributed by atoms with Crippen molar-refractivity contribution >= 4 is 21.8 Å². The molecule has 0 spiro atoms. The van der Waals surface area contributed by atoms with Gasteiger partial charge in [0.1, 0.15) is 0 Å². The lowest BCUT2D eigenvalue weighted by Crippen LogP contribution is -1.97. The summed E-state index contributed by atoms with van der Waals surface area (Å²) >= 11 is 0. The zero-order valence-corrected chi connectivity index (χ0v) is 23.4. The van der Waals surface area contributed by atoms with Crippen molar-refractivity contribution in [2.24, 2.45) is 0 Å². The van der Waals surface area contributed by atoms with Crippen LogP contribution in [0.1, 0.15) is 0 Å². The topological polar surface area (TPSA) is 30.7 Å². The second-order valence-electron chi connectivity index (χ2n) is 10.6. The highest BCUT2D eigenvalue weighted by molar-refractivity contribution is 6.20. The Bertz CT molecular complexity index is 2140. The molecule has 8 aromatic rings. The number of hydrogen-bond acceptors (Lipinski definition) is 2. The lowest BCUT2D eigenvalue weighted by atomic mass is 9.97. The van der Waals surface area contributed by atoms with Gasteiger partial charge >= 0.3 is 0 Å². The van der Waals surface area contributed by atoms with Crippen LogP contribution >= 0.6 is 0 Å². The number of benzene rings is 6. The molecule has 0 aliphatic rings. The van der Waals surface area contributed by atoms with Gasteiger partial charge in [-0.3, -0.25) is 0 Å². The van der Waals surface area contributed by atoms with Crippen LogP contribution in [-0.4, -0.2) is 14.5 Å². The van der Waals surface area contributed by atoms with Crippen molar-refractivity contribution in [3.63, 3.8) is 0 Å². The van der Waals surface area contributed by atoms with E-state index in [9.17, 15) is 0 Å². The molecule has 0 fully saturated rings. The molecule has 0 radical (unpaired) electrons. The van der Waals surface area contributed by atoms with Gasteiger partial charge in [-0.1, -0.05) is 133 Å². The van der Waals surface area contributed by atoms with Crippen LogP contribution in [0.3, 0.4) is 0 Å². The van der Waals surface area contributed by atoms with Gasteiger partial charge in [0, 0.05) is 33.2 Å². The van der Waals surface area contributed by atoms with Gasteiger partial charge in [-0.15, -0.1) is 0 Å². The van der Waals surface area contributed by atoms with Crippen molar-refractivity contribution in [2.45, 2.75) is 0 Å². The van der Waals surface area contributed by atoms with Crippen molar-refractivity contribution < 1.29 is 0 Å². The van der Waals surface area contributed by atoms with Crippen LogP contribution in [0.2, 0.25) is 0 Å². The van der Waals surface area contributed by atoms with Gasteiger partial charge < -0.3 is 4.57 Å². The van der Waals surface area contributed by atoms with Crippen LogP contribution in [0.25, 0.3) is 72.5 Å². The van der Waals surface area contributed by atoms with E-state index >= 15 is 0 Å². The van der Waals surface area contributed by atoms with Crippen LogP contribution in [0.4, 0.5) is 0 Å². The Hall–Kier alpha value is -5.80. The van der Waals surface area contributed by atoms with Gasteiger partial charge in [-0.05, 0) is 41.5 Å². The van der Waals surface area contributed by atoms with Crippen LogP contribution in [0, 0.1) is 0 Å². The van der Waals surface area contributed by atoms with E-state index < -0.39 is 0 Å². The Kier molecular flexibility index (Phi) is 6.12. The summed E-state index contributed by atoms with van der Waals surface area (Å²) in [5.74, 6) is 0.709. The summed E-state index contributed by atoms with van der Waals surface area (Å²) in [6, 6.07) is 57.1. The third kappa shape index (κ3) is 4.39. The molecule has 0 saturated heterocycles. The van der Waals surface area contributed by atoms with E-state index in [1.54, 1.807) is 0 Å². The second kappa shape index (κ2) is 10.6. The quantitative estimate of drug-likeness (QED) is 0.214. The summed E-state index contributed by atoms with van der Waals surface area (Å²) in [7, 11) is 0. The van der Waals surface area contributed by atoms with Crippen molar-refractivity contribution in [3.8, 4) is 50.7 Å². The van der Waals surface area contributed by atoms with Gasteiger partial charge in [-0.2, -0.15) is 0 Å². The van der Waals surface area contributed by atoms with Crippen LogP contribution in [0.5, 0.6) is 0 Å². The molecule has 8 rings (SSSR count). The molecule has 0 aliphatic carbocycles. The van der Waals surface area contributed by atoms with E-state index in [0.717, 1.165) is 50.2 Å². The molecule has 0 unspecified atom stereocenters. The first-order valence-corrected chi connectivity index (χ1v) is 14.5. The minimum absolute atomic E-state index is 0.709. The molecule has 6 aromatic carbocycles. The predicted molar refractivity (Wildman–Crippen MR) is 178 cm³/mol. The first-order valence-electron chi connectivity index (χ1n) is 14.5. The summed E-state index contributed by atoms with van der Waals surface area (Å²) in [5.41, 5.74) is 10.7. The summed E-state index contributed by atoms with van der Waals surface area (Å²) in [4.78, 5) is 10.4. The lowest BCUT2D eigenvalue weighted by molar-refractivity contribution is 1.17. The van der Waals surface area contributed by atoms with Gasteiger partial charge in [0.15, 0.2) is 5.82 Å². The van der Waals surface area contributed by atoms with Gasteiger partial charge in [0.25, 0.3) is 0 Å². The molecule has 0 bridgehead atoms. The van der Waals surface area contributed by atoms with Gasteiger partial charge in [0.2, 0.25) is 0 Å². The molecule has 0 saturated carbocycles. The van der Waals surface area contributed by atoms with Gasteiger partial charge in [0.05, 0.1) is 22.4 Å². The van der Waals surface area contributed by atoms with E-state index in [0.29, 0.717) is 5.82 Å². The largest absolute Gasteiger partial charge is 0.309 e. The fourth-order valence-corrected chi connectivity index (χ4v) is 6.09. The number of fused-ring (bicyclic) bond motifs is 3. The smallest absolute Gasteiger partial charge is 0.161 e. The fraction of sp³-hybridized carbons (Fsp3) is 0. The third-order valence-corrected chi connectivity index (χ3v) is 8.02. The Morgan fingerprint density at radius 3 is 1.35 bits per heavy atom. The Balaban J connectivity index is 1.49. The van der Waals surface area contributed by atoms with E-state index in [1.807, 2.05) is 12.1 Å². The average molecular weight is 550 g/mol. The number of aromatic nitrogens is 3. The highest BCUT2D eigenvalue weighted by Gasteiger charge is 2.21. The number of nitrogens with zero attached hydrogens (tertiary/aromatic N) is 3. The van der Waals surface area contributed by atoms with E-state index in [-0.39, 0.29) is 0 Å². The minimum atomic E-state index is 0.709. The minimum Gasteiger partial charge on any atom is -0.309 e. The maximum Gasteiger partial charge on any atom is 0.161 e. The second-order valence-corrected chi connectivity index (χ2v) is 10.6. The maximum atomic E-state index is 5.22. The molecular weight excluding hydrogens is 522 g/mol. The molecule has 0 atom stereocenters. The molecule has 0 amide bonds. The monoisotopic (exact) mass is 549 g/mol. The molecule has 2 heterocycles. The molecule has 0 aliphatic heterocycles. The van der Waals surface area contributed by atoms with Crippen LogP contribution in [0.15, 0.2) is 164 Å². The number of rotatable bonds is 5. The molecule has 43 heavy (non-hydrogen) atoms. The molecule has 3 nitrogen and oxygen atoms in total. The van der Waals surface area contributed by atoms with Crippen molar-refractivity contribution in [2.75, 3.05) is 0 Å². The fourth-order valence-electron chi connectivity index (χ4n) is 6.09. The highest BCUT2D eigenvalue weighted by atomic mass is 15.0. The van der Waals surface area contributed by atoms with Crippen molar-refractivity contribution in [1.29, 1.82) is 0 Å². The van der Waals surface area contributed by atoms with E-state index in [4.69, 9.17) is 9.97 Å². The third-order valence-electron chi connectivity index (χ3n) is 8.02. The molecular formula is C40H27N3. The van der Waals surface area contributed by atoms with Crippen molar-refractivity contribution in [1.82, 2.24) is 14.5 Å². The summed E-state index contributed by atoms with van der Waals surface area (Å²) in [5, 5.41) is 2.34. The molecule has 3 heteroatoms. The van der Waals surface area contributed by atoms with Gasteiger partial charge in [-0.25, -0.2) is 9.97 Å². The average Bonchev–Trinajstić information content (AvgIpc) is 3.44. The first-order chi connectivity index (χ1) is 21.3. The van der Waals surface area contributed by atoms with Crippen molar-refractivity contribution in [3.05, 3.63) is 164 Å². The molecule has 2 aromatic heterocycles. The zero-order chi connectivity index (χ0) is 28.6. The summed E-state index contributed by atoms with van der Waals surface area (Å²) < 4.78 is 2.36. The number of hydrogen-bond donors (Lipinski definition) is 0. The number of para-hydroxylation sites is 1. The normalized spacial score (nSPS) is 11.3. The highest BCUT2D eigenvalue weighted by Crippen LogP contribution is 2.42. The lowest BCUT2D eigenvalue weighted by Gasteiger charge is -2.11. The first kappa shape index (κ1) is 25.0. The SMILES string of the molecule is c1ccc(-c2cc(-c3ccccc3)nc(-c3cccc4c3c3c(-c5ccccc5)cccc3n4-c3ccccc3)n2)cc1. The van der Waals surface area contributed by atoms with Crippen LogP contribution < -0.4 is 0 Å². The summed E-state index contributed by atoms with van der Waals surface area (Å²) in [6.45, 7) is 0. The predicted octanol–water partition coefficient (Wildman–Crippen LogP) is 10.2. The molecule has 0 N–H and O–H groups in total. The summed E-state index contributed by atoms with van der Waals surface area (Å²) in [6.07, 6.45) is 0. The zero-order valence-electron chi connectivity index (χ0n) is 23.4.